The van der Waals surface area contributed by atoms with E-state index in [2.05, 4.69) is 5.32 Å². The molecule has 0 aromatic carbocycles. The molecule has 1 aliphatic carbocycles. The van der Waals surface area contributed by atoms with Crippen LogP contribution in [0.25, 0.3) is 0 Å². The summed E-state index contributed by atoms with van der Waals surface area (Å²) in [5.41, 5.74) is 6.02. The van der Waals surface area contributed by atoms with Crippen LogP contribution >= 0.6 is 0 Å². The van der Waals surface area contributed by atoms with Gasteiger partial charge >= 0.3 is 0 Å². The molecule has 14 heavy (non-hydrogen) atoms. The van der Waals surface area contributed by atoms with Gasteiger partial charge in [-0.1, -0.05) is 12.2 Å². The van der Waals surface area contributed by atoms with Gasteiger partial charge in [-0.2, -0.15) is 0 Å². The highest BCUT2D eigenvalue weighted by atomic mass is 16.5. The lowest BCUT2D eigenvalue weighted by atomic mass is 10.0. The number of hydrogen-bond acceptors (Lipinski definition) is 3. The molecule has 4 nitrogen and oxygen atoms in total. The fourth-order valence-corrected chi connectivity index (χ4v) is 1.42. The van der Waals surface area contributed by atoms with E-state index in [0.717, 1.165) is 0 Å². The van der Waals surface area contributed by atoms with E-state index in [1.54, 1.807) is 12.2 Å². The fraction of sp³-hybridized carbons (Fsp3) is 0.300. The lowest BCUT2D eigenvalue weighted by Crippen LogP contribution is -2.37. The number of morpholine rings is 1. The van der Waals surface area contributed by atoms with E-state index in [9.17, 15) is 4.79 Å². The molecule has 1 aliphatic heterocycles. The number of carbonyl (C=O) groups excluding carboxylic acids is 1. The highest BCUT2D eigenvalue weighted by Crippen LogP contribution is 2.20. The summed E-state index contributed by atoms with van der Waals surface area (Å²) in [7, 11) is 0. The molecular formula is C10H12N2O2. The van der Waals surface area contributed by atoms with Gasteiger partial charge in [-0.05, 0) is 19.1 Å². The zero-order valence-corrected chi connectivity index (χ0v) is 7.91. The van der Waals surface area contributed by atoms with E-state index in [0.29, 0.717) is 11.5 Å². The normalized spacial score (nSPS) is 30.6. The summed E-state index contributed by atoms with van der Waals surface area (Å²) in [5.74, 6) is 0.515. The molecular weight excluding hydrogens is 180 g/mol. The zero-order valence-electron chi connectivity index (χ0n) is 7.91. The van der Waals surface area contributed by atoms with Crippen LogP contribution < -0.4 is 11.1 Å². The number of rotatable bonds is 0. The third kappa shape index (κ3) is 1.70. The minimum absolute atomic E-state index is 0.0678. The first-order valence-electron chi connectivity index (χ1n) is 4.41. The van der Waals surface area contributed by atoms with Gasteiger partial charge in [-0.25, -0.2) is 0 Å². The average molecular weight is 192 g/mol. The van der Waals surface area contributed by atoms with Crippen molar-refractivity contribution in [2.45, 2.75) is 12.5 Å². The molecule has 1 amide bonds. The zero-order chi connectivity index (χ0) is 10.2. The van der Waals surface area contributed by atoms with Gasteiger partial charge in [-0.3, -0.25) is 4.79 Å². The van der Waals surface area contributed by atoms with E-state index in [4.69, 9.17) is 10.5 Å². The van der Waals surface area contributed by atoms with Crippen LogP contribution in [0.3, 0.4) is 0 Å². The van der Waals surface area contributed by atoms with Crippen molar-refractivity contribution in [1.29, 1.82) is 0 Å². The number of nitrogens with two attached hydrogens (primary N) is 1. The molecule has 2 aliphatic rings. The molecule has 1 fully saturated rings. The van der Waals surface area contributed by atoms with Crippen molar-refractivity contribution < 1.29 is 9.53 Å². The summed E-state index contributed by atoms with van der Waals surface area (Å²) in [6.07, 6.45) is 7.25. The molecule has 0 bridgehead atoms. The van der Waals surface area contributed by atoms with Crippen molar-refractivity contribution in [1.82, 2.24) is 5.32 Å². The maximum absolute atomic E-state index is 11.1. The SMILES string of the molecule is CC1(N)C=CC=C2OCC(=O)NC2=C1. The highest BCUT2D eigenvalue weighted by Gasteiger charge is 2.23. The van der Waals surface area contributed by atoms with Crippen molar-refractivity contribution in [2.75, 3.05) is 6.61 Å². The van der Waals surface area contributed by atoms with E-state index < -0.39 is 5.54 Å². The fourth-order valence-electron chi connectivity index (χ4n) is 1.42. The van der Waals surface area contributed by atoms with Crippen molar-refractivity contribution in [3.05, 3.63) is 35.8 Å². The molecule has 3 N–H and O–H groups in total. The minimum Gasteiger partial charge on any atom is -0.482 e. The summed E-state index contributed by atoms with van der Waals surface area (Å²) >= 11 is 0. The van der Waals surface area contributed by atoms with E-state index in [1.165, 1.54) is 0 Å². The molecule has 0 aromatic rings. The van der Waals surface area contributed by atoms with Crippen LogP contribution in [0.1, 0.15) is 6.92 Å². The van der Waals surface area contributed by atoms with Crippen molar-refractivity contribution in [2.24, 2.45) is 5.73 Å². The number of allylic oxidation sites excluding steroid dienone is 2. The smallest absolute Gasteiger partial charge is 0.262 e. The van der Waals surface area contributed by atoms with Crippen LogP contribution in [0.4, 0.5) is 0 Å². The van der Waals surface area contributed by atoms with E-state index in [-0.39, 0.29) is 12.5 Å². The Labute approximate surface area is 82.1 Å². The van der Waals surface area contributed by atoms with Gasteiger partial charge in [0, 0.05) is 0 Å². The Balaban J connectivity index is 2.37. The molecule has 0 aromatic heterocycles. The number of fused-ring (bicyclic) bond motifs is 1. The molecule has 1 unspecified atom stereocenters. The summed E-state index contributed by atoms with van der Waals surface area (Å²) in [6.45, 7) is 1.92. The van der Waals surface area contributed by atoms with Gasteiger partial charge in [0.15, 0.2) is 6.61 Å². The molecule has 74 valence electrons. The van der Waals surface area contributed by atoms with Crippen LogP contribution in [0.2, 0.25) is 0 Å². The van der Waals surface area contributed by atoms with Gasteiger partial charge in [0.05, 0.1) is 11.2 Å². The number of hydrogen-bond donors (Lipinski definition) is 2. The first-order chi connectivity index (χ1) is 6.57. The summed E-state index contributed by atoms with van der Waals surface area (Å²) in [5, 5.41) is 2.72. The second-order valence-electron chi connectivity index (χ2n) is 3.65. The predicted octanol–water partition coefficient (Wildman–Crippen LogP) is 0.188. The third-order valence-electron chi connectivity index (χ3n) is 2.06. The minimum atomic E-state index is -0.554. The Morgan fingerprint density at radius 1 is 1.64 bits per heavy atom. The average Bonchev–Trinajstić information content (AvgIpc) is 2.21. The maximum Gasteiger partial charge on any atom is 0.262 e. The van der Waals surface area contributed by atoms with Gasteiger partial charge in [0.25, 0.3) is 5.91 Å². The Bertz CT molecular complexity index is 364. The monoisotopic (exact) mass is 192 g/mol. The van der Waals surface area contributed by atoms with Gasteiger partial charge in [0.1, 0.15) is 5.76 Å². The number of amides is 1. The third-order valence-corrected chi connectivity index (χ3v) is 2.06. The molecule has 2 rings (SSSR count). The Hall–Kier alpha value is -1.55. The first-order valence-corrected chi connectivity index (χ1v) is 4.41. The molecule has 1 saturated heterocycles. The highest BCUT2D eigenvalue weighted by molar-refractivity contribution is 5.81. The molecule has 1 heterocycles. The lowest BCUT2D eigenvalue weighted by molar-refractivity contribution is -0.125. The van der Waals surface area contributed by atoms with Crippen LogP contribution in [-0.2, 0) is 9.53 Å². The lowest BCUT2D eigenvalue weighted by Gasteiger charge is -2.22. The molecule has 0 spiro atoms. The van der Waals surface area contributed by atoms with Crippen molar-refractivity contribution in [3.63, 3.8) is 0 Å². The number of ether oxygens (including phenoxy) is 1. The van der Waals surface area contributed by atoms with Gasteiger partial charge in [-0.15, -0.1) is 0 Å². The molecule has 1 atom stereocenters. The topological polar surface area (TPSA) is 64.3 Å². The van der Waals surface area contributed by atoms with Crippen molar-refractivity contribution in [3.8, 4) is 0 Å². The van der Waals surface area contributed by atoms with E-state index >= 15 is 0 Å². The van der Waals surface area contributed by atoms with Crippen LogP contribution in [-0.4, -0.2) is 18.1 Å². The van der Waals surface area contributed by atoms with E-state index in [1.807, 2.05) is 19.1 Å². The van der Waals surface area contributed by atoms with Gasteiger partial charge in [0.2, 0.25) is 0 Å². The van der Waals surface area contributed by atoms with Crippen LogP contribution in [0.5, 0.6) is 0 Å². The Morgan fingerprint density at radius 3 is 3.21 bits per heavy atom. The largest absolute Gasteiger partial charge is 0.482 e. The number of carbonyl (C=O) groups is 1. The van der Waals surface area contributed by atoms with Crippen LogP contribution in [0.15, 0.2) is 35.8 Å². The molecule has 0 saturated carbocycles. The molecule has 4 heteroatoms. The van der Waals surface area contributed by atoms with Crippen molar-refractivity contribution >= 4 is 5.91 Å². The maximum atomic E-state index is 11.1. The summed E-state index contributed by atoms with van der Waals surface area (Å²) in [4.78, 5) is 11.1. The standard InChI is InChI=1S/C10H12N2O2/c1-10(11)4-2-3-8-7(5-10)12-9(13)6-14-8/h2-5H,6,11H2,1H3,(H,12,13). The Kier molecular flexibility index (Phi) is 1.93. The summed E-state index contributed by atoms with van der Waals surface area (Å²) < 4.78 is 5.24. The second kappa shape index (κ2) is 2.99. The first kappa shape index (κ1) is 9.02. The second-order valence-corrected chi connectivity index (χ2v) is 3.65. The molecule has 0 radical (unpaired) electrons. The summed E-state index contributed by atoms with van der Waals surface area (Å²) in [6, 6.07) is 0. The Morgan fingerprint density at radius 2 is 2.43 bits per heavy atom. The quantitative estimate of drug-likeness (QED) is 0.575. The predicted molar refractivity (Wildman–Crippen MR) is 52.0 cm³/mol. The van der Waals surface area contributed by atoms with Gasteiger partial charge < -0.3 is 15.8 Å². The van der Waals surface area contributed by atoms with Crippen LogP contribution in [0, 0.1) is 0 Å². The number of nitrogens with one attached hydrogen (secondary N) is 1.